The molecule has 2 heterocycles. The molecule has 2 aromatic heterocycles. The Balaban J connectivity index is 1.50. The van der Waals surface area contributed by atoms with Gasteiger partial charge in [0, 0.05) is 28.1 Å². The molecule has 0 saturated carbocycles. The molecule has 0 aliphatic rings. The minimum Gasteiger partial charge on any atom is -0.484 e. The number of benzene rings is 2. The lowest BCUT2D eigenvalue weighted by atomic mass is 10.2. The number of hydrogen-bond donors (Lipinski definition) is 0. The van der Waals surface area contributed by atoms with Crippen molar-refractivity contribution in [3.05, 3.63) is 82.1 Å². The third kappa shape index (κ3) is 3.41. The maximum atomic E-state index is 11.3. The molecule has 0 aliphatic carbocycles. The van der Waals surface area contributed by atoms with Gasteiger partial charge in [0.15, 0.2) is 12.4 Å². The van der Waals surface area contributed by atoms with Crippen LogP contribution in [0.25, 0.3) is 22.3 Å². The zero-order valence-electron chi connectivity index (χ0n) is 12.9. The van der Waals surface area contributed by atoms with Gasteiger partial charge in [0.2, 0.25) is 5.89 Å². The van der Waals surface area contributed by atoms with Gasteiger partial charge in [-0.15, -0.1) is 0 Å². The number of fused-ring (bicyclic) bond motifs is 1. The highest BCUT2D eigenvalue weighted by molar-refractivity contribution is 6.30. The van der Waals surface area contributed by atoms with Crippen molar-refractivity contribution in [1.82, 2.24) is 4.98 Å². The first-order valence-corrected chi connectivity index (χ1v) is 7.92. The van der Waals surface area contributed by atoms with Crippen LogP contribution in [0, 0.1) is 0 Å². The minimum atomic E-state index is -0.398. The molecular formula is C19H12ClNO4. The Bertz CT molecular complexity index is 1080. The van der Waals surface area contributed by atoms with Crippen LogP contribution >= 0.6 is 11.6 Å². The molecule has 0 radical (unpaired) electrons. The van der Waals surface area contributed by atoms with Crippen LogP contribution in [0.4, 0.5) is 0 Å². The smallest absolute Gasteiger partial charge is 0.336 e. The van der Waals surface area contributed by atoms with Crippen molar-refractivity contribution in [3.8, 4) is 17.1 Å². The van der Waals surface area contributed by atoms with E-state index in [2.05, 4.69) is 4.98 Å². The molecule has 124 valence electrons. The molecule has 0 spiro atoms. The number of halogens is 1. The highest BCUT2D eigenvalue weighted by atomic mass is 35.5. The summed E-state index contributed by atoms with van der Waals surface area (Å²) in [7, 11) is 0. The first-order chi connectivity index (χ1) is 12.2. The zero-order valence-corrected chi connectivity index (χ0v) is 13.7. The summed E-state index contributed by atoms with van der Waals surface area (Å²) in [5.74, 6) is 1.65. The summed E-state index contributed by atoms with van der Waals surface area (Å²) in [4.78, 5) is 15.5. The highest BCUT2D eigenvalue weighted by Gasteiger charge is 2.08. The van der Waals surface area contributed by atoms with Crippen LogP contribution in [0.15, 0.2) is 74.4 Å². The highest BCUT2D eigenvalue weighted by Crippen LogP contribution is 2.24. The SMILES string of the molecule is O=c1ccc2ccc(OCc3ncc(-c4ccc(Cl)cc4)o3)cc2o1. The fraction of sp³-hybridized carbons (Fsp3) is 0.0526. The van der Waals surface area contributed by atoms with Crippen molar-refractivity contribution in [1.29, 1.82) is 0 Å². The first kappa shape index (κ1) is 15.5. The number of oxazole rings is 1. The minimum absolute atomic E-state index is 0.163. The predicted molar refractivity (Wildman–Crippen MR) is 93.8 cm³/mol. The molecule has 4 rings (SSSR count). The molecule has 2 aromatic carbocycles. The summed E-state index contributed by atoms with van der Waals surface area (Å²) >= 11 is 5.88. The summed E-state index contributed by atoms with van der Waals surface area (Å²) in [5.41, 5.74) is 0.958. The van der Waals surface area contributed by atoms with Gasteiger partial charge in [-0.2, -0.15) is 0 Å². The Kier molecular flexibility index (Phi) is 3.99. The van der Waals surface area contributed by atoms with Gasteiger partial charge < -0.3 is 13.6 Å². The summed E-state index contributed by atoms with van der Waals surface area (Å²) in [6.45, 7) is 0.163. The summed E-state index contributed by atoms with van der Waals surface area (Å²) in [6, 6.07) is 15.7. The topological polar surface area (TPSA) is 65.5 Å². The molecule has 4 aromatic rings. The third-order valence-corrected chi connectivity index (χ3v) is 3.89. The number of rotatable bonds is 4. The standard InChI is InChI=1S/C19H12ClNO4/c20-14-5-1-13(2-6-14)17-10-21-18(24-17)11-23-15-7-3-12-4-8-19(22)25-16(12)9-15/h1-10H,11H2. The molecule has 0 aliphatic heterocycles. The van der Waals surface area contributed by atoms with Crippen molar-refractivity contribution >= 4 is 22.6 Å². The van der Waals surface area contributed by atoms with E-state index in [0.717, 1.165) is 10.9 Å². The molecule has 0 fully saturated rings. The van der Waals surface area contributed by atoms with Gasteiger partial charge in [-0.3, -0.25) is 0 Å². The number of aromatic nitrogens is 1. The Labute approximate surface area is 147 Å². The van der Waals surface area contributed by atoms with Gasteiger partial charge in [-0.1, -0.05) is 11.6 Å². The average Bonchev–Trinajstić information content (AvgIpc) is 3.09. The van der Waals surface area contributed by atoms with Gasteiger partial charge in [0.1, 0.15) is 11.3 Å². The van der Waals surface area contributed by atoms with Crippen LogP contribution in [0.3, 0.4) is 0 Å². The number of hydrogen-bond acceptors (Lipinski definition) is 5. The van der Waals surface area contributed by atoms with Crippen LogP contribution < -0.4 is 10.4 Å². The normalized spacial score (nSPS) is 10.9. The van der Waals surface area contributed by atoms with Crippen molar-refractivity contribution < 1.29 is 13.6 Å². The van der Waals surface area contributed by atoms with Crippen molar-refractivity contribution in [2.75, 3.05) is 0 Å². The third-order valence-electron chi connectivity index (χ3n) is 3.64. The second kappa shape index (κ2) is 6.45. The van der Waals surface area contributed by atoms with E-state index in [4.69, 9.17) is 25.2 Å². The fourth-order valence-electron chi connectivity index (χ4n) is 2.40. The van der Waals surface area contributed by atoms with E-state index in [9.17, 15) is 4.79 Å². The van der Waals surface area contributed by atoms with Gasteiger partial charge in [-0.25, -0.2) is 9.78 Å². The second-order valence-corrected chi connectivity index (χ2v) is 5.80. The van der Waals surface area contributed by atoms with Gasteiger partial charge in [0.05, 0.1) is 6.20 Å². The van der Waals surface area contributed by atoms with Crippen LogP contribution in [-0.4, -0.2) is 4.98 Å². The van der Waals surface area contributed by atoms with Crippen LogP contribution in [-0.2, 0) is 6.61 Å². The molecule has 6 heteroatoms. The monoisotopic (exact) mass is 353 g/mol. The van der Waals surface area contributed by atoms with Crippen LogP contribution in [0.1, 0.15) is 5.89 Å². The molecule has 0 atom stereocenters. The molecule has 0 bridgehead atoms. The van der Waals surface area contributed by atoms with E-state index in [1.807, 2.05) is 18.2 Å². The first-order valence-electron chi connectivity index (χ1n) is 7.55. The van der Waals surface area contributed by atoms with Crippen LogP contribution in [0.5, 0.6) is 5.75 Å². The summed E-state index contributed by atoms with van der Waals surface area (Å²) in [5, 5.41) is 1.49. The number of nitrogens with zero attached hydrogens (tertiary/aromatic N) is 1. The van der Waals surface area contributed by atoms with E-state index >= 15 is 0 Å². The molecule has 25 heavy (non-hydrogen) atoms. The Morgan fingerprint density at radius 3 is 2.64 bits per heavy atom. The maximum Gasteiger partial charge on any atom is 0.336 e. The van der Waals surface area contributed by atoms with E-state index in [0.29, 0.717) is 28.0 Å². The van der Waals surface area contributed by atoms with Crippen molar-refractivity contribution in [3.63, 3.8) is 0 Å². The molecule has 0 unspecified atom stereocenters. The van der Waals surface area contributed by atoms with E-state index < -0.39 is 5.63 Å². The van der Waals surface area contributed by atoms with Crippen molar-refractivity contribution in [2.24, 2.45) is 0 Å². The fourth-order valence-corrected chi connectivity index (χ4v) is 2.53. The predicted octanol–water partition coefficient (Wildman–Crippen LogP) is 4.68. The summed E-state index contributed by atoms with van der Waals surface area (Å²) in [6.07, 6.45) is 1.64. The lowest BCUT2D eigenvalue weighted by molar-refractivity contribution is 0.264. The van der Waals surface area contributed by atoms with E-state index in [1.54, 1.807) is 36.5 Å². The van der Waals surface area contributed by atoms with E-state index in [1.165, 1.54) is 6.07 Å². The zero-order chi connectivity index (χ0) is 17.2. The van der Waals surface area contributed by atoms with Gasteiger partial charge >= 0.3 is 5.63 Å². The van der Waals surface area contributed by atoms with Gasteiger partial charge in [0.25, 0.3) is 0 Å². The maximum absolute atomic E-state index is 11.3. The van der Waals surface area contributed by atoms with Crippen LogP contribution in [0.2, 0.25) is 5.02 Å². The Morgan fingerprint density at radius 2 is 1.80 bits per heavy atom. The Morgan fingerprint density at radius 1 is 1.00 bits per heavy atom. The largest absolute Gasteiger partial charge is 0.484 e. The molecule has 0 saturated heterocycles. The molecule has 0 amide bonds. The molecule has 0 N–H and O–H groups in total. The van der Waals surface area contributed by atoms with Gasteiger partial charge in [-0.05, 0) is 42.5 Å². The quantitative estimate of drug-likeness (QED) is 0.498. The second-order valence-electron chi connectivity index (χ2n) is 5.37. The lowest BCUT2D eigenvalue weighted by Gasteiger charge is -2.04. The average molecular weight is 354 g/mol. The Hall–Kier alpha value is -3.05. The lowest BCUT2D eigenvalue weighted by Crippen LogP contribution is -1.97. The molecular weight excluding hydrogens is 342 g/mol. The van der Waals surface area contributed by atoms with Crippen molar-refractivity contribution in [2.45, 2.75) is 6.61 Å². The summed E-state index contributed by atoms with van der Waals surface area (Å²) < 4.78 is 16.5. The van der Waals surface area contributed by atoms with E-state index in [-0.39, 0.29) is 6.61 Å². The number of ether oxygens (including phenoxy) is 1. The molecule has 5 nitrogen and oxygen atoms in total.